The molecule has 3 N–H and O–H groups in total. The van der Waals surface area contributed by atoms with Crippen LogP contribution in [-0.2, 0) is 14.9 Å². The number of hydrogen-bond donors (Lipinski definition) is 3. The quantitative estimate of drug-likeness (QED) is 0.418. The minimum atomic E-state index is -4.78. The minimum absolute atomic E-state index is 0.0521. The zero-order valence-corrected chi connectivity index (χ0v) is 16.4. The van der Waals surface area contributed by atoms with Crippen molar-refractivity contribution in [1.82, 2.24) is 0 Å². The van der Waals surface area contributed by atoms with Gasteiger partial charge in [-0.15, -0.1) is 0 Å². The number of phosphoric acid groups is 1. The van der Waals surface area contributed by atoms with E-state index in [1.807, 2.05) is 19.1 Å². The van der Waals surface area contributed by atoms with Gasteiger partial charge >= 0.3 is 13.8 Å². The summed E-state index contributed by atoms with van der Waals surface area (Å²) in [6.07, 6.45) is 0. The van der Waals surface area contributed by atoms with Crippen LogP contribution in [-0.4, -0.2) is 20.9 Å². The van der Waals surface area contributed by atoms with Gasteiger partial charge in [0, 0.05) is 28.8 Å². The Balaban J connectivity index is 1.81. The van der Waals surface area contributed by atoms with E-state index in [1.54, 1.807) is 18.2 Å². The number of rotatable bonds is 2. The van der Waals surface area contributed by atoms with E-state index in [-0.39, 0.29) is 23.0 Å². The molecule has 0 amide bonds. The van der Waals surface area contributed by atoms with Crippen LogP contribution in [0.1, 0.15) is 32.6 Å². The molecule has 2 heterocycles. The van der Waals surface area contributed by atoms with E-state index in [0.717, 1.165) is 5.56 Å². The average Bonchev–Trinajstić information content (AvgIpc) is 2.94. The van der Waals surface area contributed by atoms with Crippen molar-refractivity contribution in [2.45, 2.75) is 12.5 Å². The molecule has 8 nitrogen and oxygen atoms in total. The first-order valence-electron chi connectivity index (χ1n) is 8.93. The Kier molecular flexibility index (Phi) is 3.79. The van der Waals surface area contributed by atoms with Crippen molar-refractivity contribution in [2.24, 2.45) is 0 Å². The third kappa shape index (κ3) is 2.62. The highest BCUT2D eigenvalue weighted by atomic mass is 31.2. The summed E-state index contributed by atoms with van der Waals surface area (Å²) in [6, 6.07) is 14.1. The molecule has 1 spiro atoms. The van der Waals surface area contributed by atoms with Gasteiger partial charge in [0.15, 0.2) is 5.60 Å². The van der Waals surface area contributed by atoms with E-state index >= 15 is 0 Å². The number of carbonyl (C=O) groups is 1. The third-order valence-electron chi connectivity index (χ3n) is 5.22. The molecule has 152 valence electrons. The lowest BCUT2D eigenvalue weighted by atomic mass is 9.77. The molecule has 9 heteroatoms. The Morgan fingerprint density at radius 3 is 2.40 bits per heavy atom. The Hall–Kier alpha value is -3.32. The summed E-state index contributed by atoms with van der Waals surface area (Å²) < 4.78 is 27.8. The van der Waals surface area contributed by atoms with Crippen molar-refractivity contribution in [3.63, 3.8) is 0 Å². The minimum Gasteiger partial charge on any atom is -0.508 e. The van der Waals surface area contributed by atoms with E-state index in [2.05, 4.69) is 4.52 Å². The standard InChI is InChI=1S/C21H15O8P/c1-11-3-2-4-16-19(11)20(23)28-21(16)14-7-5-12(22)9-17(14)27-18-10-13(6-8-15(18)21)29-30(24,25)26/h2-10,22H,1H3,(H2,24,25,26). The third-order valence-corrected chi connectivity index (χ3v) is 5.67. The van der Waals surface area contributed by atoms with E-state index in [9.17, 15) is 14.5 Å². The van der Waals surface area contributed by atoms with Crippen LogP contribution in [0.15, 0.2) is 54.6 Å². The predicted molar refractivity (Wildman–Crippen MR) is 104 cm³/mol. The number of hydrogen-bond acceptors (Lipinski definition) is 6. The number of aryl methyl sites for hydroxylation is 1. The van der Waals surface area contributed by atoms with Gasteiger partial charge in [-0.3, -0.25) is 9.79 Å². The smallest absolute Gasteiger partial charge is 0.508 e. The molecule has 3 aromatic carbocycles. The van der Waals surface area contributed by atoms with E-state index < -0.39 is 19.4 Å². The van der Waals surface area contributed by atoms with Crippen molar-refractivity contribution in [1.29, 1.82) is 0 Å². The molecule has 0 bridgehead atoms. The summed E-state index contributed by atoms with van der Waals surface area (Å²) in [4.78, 5) is 31.1. The number of phenolic OH excluding ortho intramolecular Hbond substituents is 1. The van der Waals surface area contributed by atoms with E-state index in [1.165, 1.54) is 24.3 Å². The molecule has 5 rings (SSSR count). The van der Waals surface area contributed by atoms with Crippen LogP contribution in [0.4, 0.5) is 0 Å². The number of phosphoric ester groups is 1. The summed E-state index contributed by atoms with van der Waals surface area (Å²) in [6.45, 7) is 1.81. The predicted octanol–water partition coefficient (Wildman–Crippen LogP) is 3.74. The summed E-state index contributed by atoms with van der Waals surface area (Å²) >= 11 is 0. The highest BCUT2D eigenvalue weighted by molar-refractivity contribution is 7.46. The first kappa shape index (κ1) is 18.7. The van der Waals surface area contributed by atoms with Crippen LogP contribution in [0, 0.1) is 6.92 Å². The number of benzene rings is 3. The van der Waals surface area contributed by atoms with Crippen LogP contribution in [0.2, 0.25) is 0 Å². The molecule has 0 aromatic heterocycles. The molecule has 2 aliphatic heterocycles. The first-order valence-corrected chi connectivity index (χ1v) is 10.5. The molecule has 30 heavy (non-hydrogen) atoms. The second-order valence-corrected chi connectivity index (χ2v) is 8.25. The molecule has 1 unspecified atom stereocenters. The molecule has 0 aliphatic carbocycles. The van der Waals surface area contributed by atoms with E-state index in [0.29, 0.717) is 22.3 Å². The van der Waals surface area contributed by atoms with Crippen LogP contribution >= 0.6 is 7.82 Å². The van der Waals surface area contributed by atoms with Crippen molar-refractivity contribution in [2.75, 3.05) is 0 Å². The largest absolute Gasteiger partial charge is 0.524 e. The summed E-state index contributed by atoms with van der Waals surface area (Å²) in [5, 5.41) is 9.95. The number of ether oxygens (including phenoxy) is 2. The van der Waals surface area contributed by atoms with Crippen molar-refractivity contribution in [3.8, 4) is 23.0 Å². The van der Waals surface area contributed by atoms with Crippen molar-refractivity contribution in [3.05, 3.63) is 82.4 Å². The maximum Gasteiger partial charge on any atom is 0.524 e. The van der Waals surface area contributed by atoms with Gasteiger partial charge in [-0.1, -0.05) is 18.2 Å². The Labute approximate surface area is 170 Å². The van der Waals surface area contributed by atoms with Gasteiger partial charge in [0.25, 0.3) is 0 Å². The van der Waals surface area contributed by atoms with Crippen LogP contribution in [0.5, 0.6) is 23.0 Å². The molecule has 3 aromatic rings. The zero-order chi connectivity index (χ0) is 21.3. The highest BCUT2D eigenvalue weighted by Crippen LogP contribution is 2.57. The molecule has 0 saturated heterocycles. The SMILES string of the molecule is Cc1cccc2c1C(=O)OC21c2ccc(O)cc2Oc2cc(OP(=O)(O)O)ccc21. The van der Waals surface area contributed by atoms with Crippen LogP contribution in [0.3, 0.4) is 0 Å². The fourth-order valence-corrected chi connectivity index (χ4v) is 4.49. The fraction of sp³-hybridized carbons (Fsp3) is 0.0952. The number of fused-ring (bicyclic) bond motifs is 6. The molecule has 0 fully saturated rings. The first-order chi connectivity index (χ1) is 14.2. The lowest BCUT2D eigenvalue weighted by Gasteiger charge is -2.36. The highest BCUT2D eigenvalue weighted by Gasteiger charge is 2.54. The monoisotopic (exact) mass is 426 g/mol. The number of aromatic hydroxyl groups is 1. The van der Waals surface area contributed by atoms with Crippen LogP contribution < -0.4 is 9.26 Å². The molecule has 0 saturated carbocycles. The van der Waals surface area contributed by atoms with Gasteiger partial charge in [0.2, 0.25) is 0 Å². The normalized spacial score (nSPS) is 18.8. The number of phenols is 1. The summed E-state index contributed by atoms with van der Waals surface area (Å²) in [5.74, 6) is -0.233. The summed E-state index contributed by atoms with van der Waals surface area (Å²) in [5.41, 5.74) is 1.47. The molecule has 2 aliphatic rings. The Morgan fingerprint density at radius 2 is 1.67 bits per heavy atom. The molecular weight excluding hydrogens is 411 g/mol. The van der Waals surface area contributed by atoms with Crippen molar-refractivity contribution >= 4 is 13.8 Å². The maximum atomic E-state index is 12.9. The van der Waals surface area contributed by atoms with Gasteiger partial charge in [0.05, 0.1) is 5.56 Å². The Morgan fingerprint density at radius 1 is 0.967 bits per heavy atom. The van der Waals surface area contributed by atoms with Gasteiger partial charge in [-0.05, 0) is 36.8 Å². The molecule has 1 atom stereocenters. The molecular formula is C21H15O8P. The lowest BCUT2D eigenvalue weighted by Crippen LogP contribution is -2.32. The number of carbonyl (C=O) groups excluding carboxylic acids is 1. The van der Waals surface area contributed by atoms with Gasteiger partial charge < -0.3 is 19.1 Å². The fourth-order valence-electron chi connectivity index (χ4n) is 4.10. The zero-order valence-electron chi connectivity index (χ0n) is 15.5. The average molecular weight is 426 g/mol. The van der Waals surface area contributed by atoms with Gasteiger partial charge in [-0.2, -0.15) is 0 Å². The van der Waals surface area contributed by atoms with Gasteiger partial charge in [0.1, 0.15) is 23.0 Å². The Bertz CT molecular complexity index is 1280. The van der Waals surface area contributed by atoms with Gasteiger partial charge in [-0.25, -0.2) is 9.36 Å². The second-order valence-electron chi connectivity index (χ2n) is 7.09. The van der Waals surface area contributed by atoms with E-state index in [4.69, 9.17) is 19.3 Å². The molecule has 0 radical (unpaired) electrons. The topological polar surface area (TPSA) is 123 Å². The van der Waals surface area contributed by atoms with Crippen LogP contribution in [0.25, 0.3) is 0 Å². The lowest BCUT2D eigenvalue weighted by molar-refractivity contribution is 0.0224. The van der Waals surface area contributed by atoms with Crippen molar-refractivity contribution < 1.29 is 38.3 Å². The second kappa shape index (κ2) is 6.09. The number of esters is 1. The maximum absolute atomic E-state index is 12.9. The summed E-state index contributed by atoms with van der Waals surface area (Å²) in [7, 11) is -4.78.